The van der Waals surface area contributed by atoms with E-state index in [0.717, 1.165) is 26.9 Å². The van der Waals surface area contributed by atoms with Crippen LogP contribution in [0.2, 0.25) is 0 Å². The maximum absolute atomic E-state index is 13.5. The Morgan fingerprint density at radius 1 is 0.938 bits per heavy atom. The number of amides is 1. The van der Waals surface area contributed by atoms with Crippen LogP contribution in [-0.2, 0) is 17.8 Å². The number of hydrogen-bond acceptors (Lipinski definition) is 4. The van der Waals surface area contributed by atoms with Crippen molar-refractivity contribution in [1.82, 2.24) is 9.97 Å². The number of thiazole rings is 1. The number of fused-ring (bicyclic) bond motifs is 2. The van der Waals surface area contributed by atoms with E-state index in [1.807, 2.05) is 36.4 Å². The number of carbonyl (C=O) groups is 1. The number of benzene rings is 3. The fraction of sp³-hybridized carbons (Fsp3) is 0.148. The van der Waals surface area contributed by atoms with Crippen molar-refractivity contribution in [2.24, 2.45) is 0 Å². The van der Waals surface area contributed by atoms with Crippen LogP contribution in [0.3, 0.4) is 0 Å². The number of aromatic nitrogens is 2. The van der Waals surface area contributed by atoms with Gasteiger partial charge in [0.05, 0.1) is 28.9 Å². The van der Waals surface area contributed by atoms with E-state index < -0.39 is 0 Å². The first kappa shape index (κ1) is 20.3. The highest BCUT2D eigenvalue weighted by molar-refractivity contribution is 7.22. The third kappa shape index (κ3) is 4.12. The van der Waals surface area contributed by atoms with Crippen LogP contribution in [0.15, 0.2) is 79.0 Å². The van der Waals surface area contributed by atoms with E-state index in [1.165, 1.54) is 16.5 Å². The predicted molar refractivity (Wildman–Crippen MR) is 132 cm³/mol. The van der Waals surface area contributed by atoms with E-state index in [2.05, 4.69) is 55.2 Å². The number of rotatable bonds is 5. The zero-order valence-corrected chi connectivity index (χ0v) is 18.9. The van der Waals surface area contributed by atoms with Crippen molar-refractivity contribution in [3.8, 4) is 0 Å². The SMILES string of the molecule is Cc1cc(C)c2sc(N(Cc3ccccn3)C(=O)Cc3ccc4ccccc4c3)nc2c1. The van der Waals surface area contributed by atoms with Gasteiger partial charge in [-0.05, 0) is 59.5 Å². The van der Waals surface area contributed by atoms with Crippen LogP contribution in [0.1, 0.15) is 22.4 Å². The lowest BCUT2D eigenvalue weighted by Gasteiger charge is -2.19. The van der Waals surface area contributed by atoms with Crippen LogP contribution in [0.5, 0.6) is 0 Å². The molecule has 0 fully saturated rings. The number of nitrogens with zero attached hydrogens (tertiary/aromatic N) is 3. The largest absolute Gasteiger partial charge is 0.282 e. The predicted octanol–water partition coefficient (Wildman–Crippen LogP) is 6.24. The van der Waals surface area contributed by atoms with Gasteiger partial charge in [-0.3, -0.25) is 14.7 Å². The molecule has 5 rings (SSSR count). The van der Waals surface area contributed by atoms with Gasteiger partial charge >= 0.3 is 0 Å². The highest BCUT2D eigenvalue weighted by atomic mass is 32.1. The first-order valence-corrected chi connectivity index (χ1v) is 11.4. The van der Waals surface area contributed by atoms with Gasteiger partial charge in [0, 0.05) is 6.20 Å². The molecule has 5 heteroatoms. The lowest BCUT2D eigenvalue weighted by Crippen LogP contribution is -2.32. The molecular formula is C27H23N3OS. The summed E-state index contributed by atoms with van der Waals surface area (Å²) in [5.74, 6) is 0.0133. The summed E-state index contributed by atoms with van der Waals surface area (Å²) in [5.41, 5.74) is 5.13. The van der Waals surface area contributed by atoms with Gasteiger partial charge in [0.2, 0.25) is 5.91 Å². The summed E-state index contributed by atoms with van der Waals surface area (Å²) in [7, 11) is 0. The molecule has 0 aliphatic rings. The second kappa shape index (κ2) is 8.52. The molecule has 0 atom stereocenters. The third-order valence-corrected chi connectivity index (χ3v) is 6.79. The van der Waals surface area contributed by atoms with Gasteiger partial charge in [-0.1, -0.05) is 65.9 Å². The zero-order valence-electron chi connectivity index (χ0n) is 18.1. The highest BCUT2D eigenvalue weighted by Gasteiger charge is 2.22. The molecule has 3 aromatic carbocycles. The van der Waals surface area contributed by atoms with Crippen LogP contribution < -0.4 is 4.90 Å². The van der Waals surface area contributed by atoms with Crippen molar-refractivity contribution < 1.29 is 4.79 Å². The molecule has 0 N–H and O–H groups in total. The van der Waals surface area contributed by atoms with Gasteiger partial charge < -0.3 is 0 Å². The monoisotopic (exact) mass is 437 g/mol. The van der Waals surface area contributed by atoms with E-state index in [9.17, 15) is 4.79 Å². The maximum atomic E-state index is 13.5. The number of pyridine rings is 1. The molecule has 1 amide bonds. The first-order chi connectivity index (χ1) is 15.6. The van der Waals surface area contributed by atoms with Gasteiger partial charge in [0.25, 0.3) is 0 Å². The number of aryl methyl sites for hydroxylation is 2. The molecule has 2 heterocycles. The third-order valence-electron chi connectivity index (χ3n) is 5.56. The normalized spacial score (nSPS) is 11.2. The van der Waals surface area contributed by atoms with Crippen molar-refractivity contribution in [2.45, 2.75) is 26.8 Å². The van der Waals surface area contributed by atoms with E-state index >= 15 is 0 Å². The summed E-state index contributed by atoms with van der Waals surface area (Å²) in [6, 6.07) is 24.4. The topological polar surface area (TPSA) is 46.1 Å². The second-order valence-corrected chi connectivity index (χ2v) is 9.06. The molecule has 0 spiro atoms. The van der Waals surface area contributed by atoms with Gasteiger partial charge in [-0.2, -0.15) is 0 Å². The molecule has 0 bridgehead atoms. The van der Waals surface area contributed by atoms with E-state index in [4.69, 9.17) is 4.98 Å². The smallest absolute Gasteiger partial charge is 0.233 e. The van der Waals surface area contributed by atoms with Gasteiger partial charge in [-0.15, -0.1) is 0 Å². The standard InChI is InChI=1S/C27H23N3OS/c1-18-13-19(2)26-24(14-18)29-27(32-26)30(17-23-9-5-6-12-28-23)25(31)16-20-10-11-21-7-3-4-8-22(21)15-20/h3-15H,16-17H2,1-2H3. The minimum Gasteiger partial charge on any atom is -0.282 e. The fourth-order valence-corrected chi connectivity index (χ4v) is 5.05. The summed E-state index contributed by atoms with van der Waals surface area (Å²) in [5, 5.41) is 3.02. The molecule has 0 saturated heterocycles. The Bertz CT molecular complexity index is 1430. The summed E-state index contributed by atoms with van der Waals surface area (Å²) in [6.07, 6.45) is 2.07. The summed E-state index contributed by atoms with van der Waals surface area (Å²) >= 11 is 1.57. The molecule has 158 valence electrons. The molecule has 32 heavy (non-hydrogen) atoms. The van der Waals surface area contributed by atoms with E-state index in [1.54, 1.807) is 22.4 Å². The van der Waals surface area contributed by atoms with Crippen molar-refractivity contribution in [2.75, 3.05) is 4.90 Å². The molecule has 0 unspecified atom stereocenters. The van der Waals surface area contributed by atoms with E-state index in [-0.39, 0.29) is 5.91 Å². The summed E-state index contributed by atoms with van der Waals surface area (Å²) < 4.78 is 1.12. The van der Waals surface area contributed by atoms with E-state index in [0.29, 0.717) is 18.1 Å². The van der Waals surface area contributed by atoms with Crippen LogP contribution in [0.4, 0.5) is 5.13 Å². The second-order valence-electron chi connectivity index (χ2n) is 8.09. The lowest BCUT2D eigenvalue weighted by molar-refractivity contribution is -0.118. The fourth-order valence-electron chi connectivity index (χ4n) is 4.02. The van der Waals surface area contributed by atoms with Gasteiger partial charge in [0.1, 0.15) is 0 Å². The molecule has 0 aliphatic heterocycles. The summed E-state index contributed by atoms with van der Waals surface area (Å²) in [4.78, 5) is 24.6. The van der Waals surface area contributed by atoms with Crippen LogP contribution >= 0.6 is 11.3 Å². The Morgan fingerprint density at radius 3 is 2.56 bits per heavy atom. The van der Waals surface area contributed by atoms with Gasteiger partial charge in [-0.25, -0.2) is 4.98 Å². The number of carbonyl (C=O) groups excluding carboxylic acids is 1. The Kier molecular flexibility index (Phi) is 5.41. The van der Waals surface area contributed by atoms with Crippen LogP contribution in [0, 0.1) is 13.8 Å². The molecule has 0 saturated carbocycles. The number of anilines is 1. The first-order valence-electron chi connectivity index (χ1n) is 10.6. The average molecular weight is 438 g/mol. The minimum absolute atomic E-state index is 0.0133. The van der Waals surface area contributed by atoms with Crippen molar-refractivity contribution >= 4 is 43.4 Å². The van der Waals surface area contributed by atoms with Crippen LogP contribution in [-0.4, -0.2) is 15.9 Å². The number of hydrogen-bond donors (Lipinski definition) is 0. The highest BCUT2D eigenvalue weighted by Crippen LogP contribution is 2.33. The quantitative estimate of drug-likeness (QED) is 0.327. The molecule has 5 aromatic rings. The molecular weight excluding hydrogens is 414 g/mol. The Hall–Kier alpha value is -3.57. The molecule has 4 nitrogen and oxygen atoms in total. The van der Waals surface area contributed by atoms with Crippen molar-refractivity contribution in [3.05, 3.63) is 101 Å². The molecule has 0 radical (unpaired) electrons. The Balaban J connectivity index is 1.51. The van der Waals surface area contributed by atoms with Crippen LogP contribution in [0.25, 0.3) is 21.0 Å². The van der Waals surface area contributed by atoms with Gasteiger partial charge in [0.15, 0.2) is 5.13 Å². The molecule has 0 aliphatic carbocycles. The minimum atomic E-state index is 0.0133. The Labute approximate surface area is 191 Å². The lowest BCUT2D eigenvalue weighted by atomic mass is 10.0. The maximum Gasteiger partial charge on any atom is 0.233 e. The zero-order chi connectivity index (χ0) is 22.1. The molecule has 2 aromatic heterocycles. The van der Waals surface area contributed by atoms with Crippen molar-refractivity contribution in [1.29, 1.82) is 0 Å². The summed E-state index contributed by atoms with van der Waals surface area (Å²) in [6.45, 7) is 4.56. The average Bonchev–Trinajstić information content (AvgIpc) is 3.22. The Morgan fingerprint density at radius 2 is 1.75 bits per heavy atom. The van der Waals surface area contributed by atoms with Crippen molar-refractivity contribution in [3.63, 3.8) is 0 Å².